The topological polar surface area (TPSA) is 139 Å². The molecular formula is C20H18FN5O5S. The third kappa shape index (κ3) is 6.28. The van der Waals surface area contributed by atoms with Gasteiger partial charge in [-0.15, -0.1) is 0 Å². The second kappa shape index (κ2) is 10.9. The van der Waals surface area contributed by atoms with Crippen LogP contribution in [0.4, 0.5) is 4.39 Å². The number of hydrogen-bond donors (Lipinski definition) is 3. The largest absolute Gasteiger partial charge is 0.493 e. The van der Waals surface area contributed by atoms with Gasteiger partial charge in [0.2, 0.25) is 5.91 Å². The minimum atomic E-state index is -0.729. The Balaban J connectivity index is 1.54. The van der Waals surface area contributed by atoms with Crippen LogP contribution < -0.4 is 26.1 Å². The molecule has 0 atom stereocenters. The highest BCUT2D eigenvalue weighted by molar-refractivity contribution is 7.99. The van der Waals surface area contributed by atoms with E-state index in [0.29, 0.717) is 22.6 Å². The quantitative estimate of drug-likeness (QED) is 0.250. The Morgan fingerprint density at radius 3 is 2.81 bits per heavy atom. The minimum absolute atomic E-state index is 0.0389. The highest BCUT2D eigenvalue weighted by Gasteiger charge is 2.09. The molecule has 10 nitrogen and oxygen atoms in total. The van der Waals surface area contributed by atoms with Crippen LogP contribution in [0.25, 0.3) is 0 Å². The predicted molar refractivity (Wildman–Crippen MR) is 116 cm³/mol. The molecule has 0 aliphatic heterocycles. The Labute approximate surface area is 184 Å². The van der Waals surface area contributed by atoms with E-state index < -0.39 is 17.2 Å². The third-order valence-electron chi connectivity index (χ3n) is 3.95. The van der Waals surface area contributed by atoms with Crippen LogP contribution in [0.1, 0.15) is 11.1 Å². The van der Waals surface area contributed by atoms with Crippen molar-refractivity contribution in [3.05, 3.63) is 80.2 Å². The number of methoxy groups -OCH3 is 1. The molecule has 0 bridgehead atoms. The van der Waals surface area contributed by atoms with Crippen molar-refractivity contribution in [2.75, 3.05) is 12.9 Å². The number of H-pyrrole nitrogens is 2. The molecule has 0 saturated heterocycles. The molecule has 3 aromatic rings. The van der Waals surface area contributed by atoms with Crippen molar-refractivity contribution in [3.63, 3.8) is 0 Å². The van der Waals surface area contributed by atoms with Gasteiger partial charge in [-0.05, 0) is 29.8 Å². The number of carbonyl (C=O) groups is 1. The summed E-state index contributed by atoms with van der Waals surface area (Å²) in [6.45, 7) is 0.0389. The highest BCUT2D eigenvalue weighted by Crippen LogP contribution is 2.28. The van der Waals surface area contributed by atoms with Crippen LogP contribution in [0, 0.1) is 5.82 Å². The number of benzene rings is 2. The zero-order valence-electron chi connectivity index (χ0n) is 16.8. The van der Waals surface area contributed by atoms with Crippen LogP contribution in [0.5, 0.6) is 11.5 Å². The first kappa shape index (κ1) is 22.7. The molecule has 1 aromatic heterocycles. The standard InChI is InChI=1S/C20H18FN5O5S/c1-30-16-8-12(6-7-15(16)31-10-13-4-2-3-5-14(13)21)9-22-24-17(27)11-32-19-18(28)23-20(29)26-25-19/h2-9H,10-11H2,1H3,(H,24,27)(H2,23,26,28,29)/b22-9+. The average Bonchev–Trinajstić information content (AvgIpc) is 2.78. The van der Waals surface area contributed by atoms with Crippen molar-refractivity contribution in [2.45, 2.75) is 11.6 Å². The summed E-state index contributed by atoms with van der Waals surface area (Å²) in [5, 5.41) is 9.45. The fraction of sp³-hybridized carbons (Fsp3) is 0.150. The summed E-state index contributed by atoms with van der Waals surface area (Å²) < 4.78 is 24.7. The van der Waals surface area contributed by atoms with Gasteiger partial charge in [-0.3, -0.25) is 14.6 Å². The lowest BCUT2D eigenvalue weighted by atomic mass is 10.2. The van der Waals surface area contributed by atoms with Crippen molar-refractivity contribution in [1.82, 2.24) is 20.6 Å². The number of thioether (sulfide) groups is 1. The Morgan fingerprint density at radius 1 is 1.25 bits per heavy atom. The lowest BCUT2D eigenvalue weighted by Gasteiger charge is -2.11. The fourth-order valence-electron chi connectivity index (χ4n) is 2.43. The van der Waals surface area contributed by atoms with Crippen LogP contribution in [0.15, 0.2) is 62.2 Å². The molecule has 0 fully saturated rings. The fourth-order valence-corrected chi connectivity index (χ4v) is 3.06. The number of ether oxygens (including phenoxy) is 2. The molecule has 0 radical (unpaired) electrons. The first-order valence-corrected chi connectivity index (χ1v) is 10.1. The van der Waals surface area contributed by atoms with E-state index in [0.717, 1.165) is 11.8 Å². The minimum Gasteiger partial charge on any atom is -0.493 e. The van der Waals surface area contributed by atoms with Gasteiger partial charge in [0.15, 0.2) is 16.5 Å². The van der Waals surface area contributed by atoms with E-state index >= 15 is 0 Å². The monoisotopic (exact) mass is 459 g/mol. The van der Waals surface area contributed by atoms with Gasteiger partial charge >= 0.3 is 5.69 Å². The number of aromatic nitrogens is 3. The van der Waals surface area contributed by atoms with E-state index in [1.54, 1.807) is 36.4 Å². The molecule has 0 saturated carbocycles. The van der Waals surface area contributed by atoms with E-state index in [4.69, 9.17) is 9.47 Å². The highest BCUT2D eigenvalue weighted by atomic mass is 32.2. The molecule has 166 valence electrons. The summed E-state index contributed by atoms with van der Waals surface area (Å²) in [6.07, 6.45) is 1.40. The van der Waals surface area contributed by atoms with Gasteiger partial charge in [0.25, 0.3) is 5.56 Å². The summed E-state index contributed by atoms with van der Waals surface area (Å²) in [7, 11) is 1.47. The molecule has 2 aromatic carbocycles. The molecule has 1 amide bonds. The van der Waals surface area contributed by atoms with Crippen molar-refractivity contribution >= 4 is 23.9 Å². The maximum atomic E-state index is 13.7. The number of nitrogens with zero attached hydrogens (tertiary/aromatic N) is 2. The predicted octanol–water partition coefficient (Wildman–Crippen LogP) is 1.43. The number of hydrazone groups is 1. The summed E-state index contributed by atoms with van der Waals surface area (Å²) in [6, 6.07) is 11.3. The first-order valence-electron chi connectivity index (χ1n) is 9.14. The maximum absolute atomic E-state index is 13.7. The average molecular weight is 459 g/mol. The first-order chi connectivity index (χ1) is 15.5. The van der Waals surface area contributed by atoms with Crippen molar-refractivity contribution in [3.8, 4) is 11.5 Å². The van der Waals surface area contributed by atoms with Crippen molar-refractivity contribution in [1.29, 1.82) is 0 Å². The maximum Gasteiger partial charge on any atom is 0.342 e. The van der Waals surface area contributed by atoms with Crippen LogP contribution in [0.2, 0.25) is 0 Å². The second-order valence-electron chi connectivity index (χ2n) is 6.18. The normalized spacial score (nSPS) is 10.8. The van der Waals surface area contributed by atoms with E-state index in [1.165, 1.54) is 19.4 Å². The number of amides is 1. The van der Waals surface area contributed by atoms with Gasteiger partial charge < -0.3 is 9.47 Å². The Hall–Kier alpha value is -3.93. The van der Waals surface area contributed by atoms with E-state index in [-0.39, 0.29) is 23.2 Å². The zero-order chi connectivity index (χ0) is 22.9. The van der Waals surface area contributed by atoms with Gasteiger partial charge in [0.05, 0.1) is 19.1 Å². The summed E-state index contributed by atoms with van der Waals surface area (Å²) in [4.78, 5) is 36.3. The van der Waals surface area contributed by atoms with Gasteiger partial charge in [-0.1, -0.05) is 30.0 Å². The third-order valence-corrected chi connectivity index (χ3v) is 4.91. The Bertz CT molecular complexity index is 1240. The Morgan fingerprint density at radius 2 is 2.06 bits per heavy atom. The number of carbonyl (C=O) groups excluding carboxylic acids is 1. The van der Waals surface area contributed by atoms with E-state index in [1.807, 2.05) is 4.98 Å². The molecular weight excluding hydrogens is 441 g/mol. The molecule has 32 heavy (non-hydrogen) atoms. The molecule has 3 N–H and O–H groups in total. The Kier molecular flexibility index (Phi) is 7.75. The number of rotatable bonds is 9. The summed E-state index contributed by atoms with van der Waals surface area (Å²) in [5.41, 5.74) is 1.94. The molecule has 0 aliphatic carbocycles. The lowest BCUT2D eigenvalue weighted by Crippen LogP contribution is -2.26. The van der Waals surface area contributed by atoms with E-state index in [2.05, 4.69) is 20.7 Å². The molecule has 1 heterocycles. The smallest absolute Gasteiger partial charge is 0.342 e. The number of nitrogens with one attached hydrogen (secondary N) is 3. The molecule has 3 rings (SSSR count). The van der Waals surface area contributed by atoms with Crippen LogP contribution >= 0.6 is 11.8 Å². The van der Waals surface area contributed by atoms with Gasteiger partial charge in [0, 0.05) is 5.56 Å². The SMILES string of the molecule is COc1cc(/C=N/NC(=O)CSc2n[nH]c(=O)[nH]c2=O)ccc1OCc1ccccc1F. The summed E-state index contributed by atoms with van der Waals surface area (Å²) >= 11 is 0.849. The van der Waals surface area contributed by atoms with Gasteiger partial charge in [-0.25, -0.2) is 19.7 Å². The second-order valence-corrected chi connectivity index (χ2v) is 7.15. The van der Waals surface area contributed by atoms with E-state index in [9.17, 15) is 18.8 Å². The summed E-state index contributed by atoms with van der Waals surface area (Å²) in [5.74, 6) is -0.131. The number of halogens is 1. The lowest BCUT2D eigenvalue weighted by molar-refractivity contribution is -0.118. The van der Waals surface area contributed by atoms with Crippen molar-refractivity contribution < 1.29 is 18.7 Å². The number of hydrogen-bond acceptors (Lipinski definition) is 8. The van der Waals surface area contributed by atoms with Crippen LogP contribution in [0.3, 0.4) is 0 Å². The van der Waals surface area contributed by atoms with Gasteiger partial charge in [-0.2, -0.15) is 10.2 Å². The van der Waals surface area contributed by atoms with Crippen LogP contribution in [-0.4, -0.2) is 40.2 Å². The van der Waals surface area contributed by atoms with Crippen molar-refractivity contribution in [2.24, 2.45) is 5.10 Å². The number of aromatic amines is 2. The zero-order valence-corrected chi connectivity index (χ0v) is 17.6. The van der Waals surface area contributed by atoms with Gasteiger partial charge in [0.1, 0.15) is 12.4 Å². The molecule has 0 aliphatic rings. The molecule has 0 spiro atoms. The molecule has 0 unspecified atom stereocenters. The molecule has 12 heteroatoms. The van der Waals surface area contributed by atoms with Crippen LogP contribution in [-0.2, 0) is 11.4 Å².